The topological polar surface area (TPSA) is 97.0 Å². The third-order valence-electron chi connectivity index (χ3n) is 5.31. The molecule has 0 saturated carbocycles. The molecule has 0 saturated heterocycles. The van der Waals surface area contributed by atoms with E-state index in [-0.39, 0.29) is 5.91 Å². The van der Waals surface area contributed by atoms with Crippen LogP contribution >= 0.6 is 0 Å². The number of nitrogens with zero attached hydrogens (tertiary/aromatic N) is 5. The van der Waals surface area contributed by atoms with Crippen LogP contribution in [0.3, 0.4) is 0 Å². The number of likely N-dealkylation sites (N-methyl/N-ethyl adjacent to an activating group) is 1. The van der Waals surface area contributed by atoms with Crippen LogP contribution in [0.15, 0.2) is 65.7 Å². The third-order valence-corrected chi connectivity index (χ3v) is 5.31. The van der Waals surface area contributed by atoms with E-state index in [9.17, 15) is 4.79 Å². The Balaban J connectivity index is 1.38. The lowest BCUT2D eigenvalue weighted by Crippen LogP contribution is -2.24. The first-order chi connectivity index (χ1) is 15.2. The Morgan fingerprint density at radius 1 is 1.16 bits per heavy atom. The van der Waals surface area contributed by atoms with Crippen LogP contribution in [0.2, 0.25) is 0 Å². The summed E-state index contributed by atoms with van der Waals surface area (Å²) in [6.45, 7) is 1.86. The Hall–Kier alpha value is -3.91. The maximum atomic E-state index is 12.8. The van der Waals surface area contributed by atoms with Gasteiger partial charge in [0, 0.05) is 35.8 Å². The van der Waals surface area contributed by atoms with E-state index in [0.717, 1.165) is 47.2 Å². The van der Waals surface area contributed by atoms with Crippen LogP contribution in [0.1, 0.15) is 22.5 Å². The van der Waals surface area contributed by atoms with Crippen molar-refractivity contribution >= 4 is 28.2 Å². The second kappa shape index (κ2) is 8.08. The first kappa shape index (κ1) is 19.1. The van der Waals surface area contributed by atoms with Gasteiger partial charge < -0.3 is 14.6 Å². The summed E-state index contributed by atoms with van der Waals surface area (Å²) in [5.41, 5.74) is 4.13. The summed E-state index contributed by atoms with van der Waals surface area (Å²) in [5, 5.41) is 12.0. The average molecular weight is 412 g/mol. The van der Waals surface area contributed by atoms with Gasteiger partial charge in [0.2, 0.25) is 0 Å². The smallest absolute Gasteiger partial charge is 0.256 e. The number of hydrogen-bond donors (Lipinski definition) is 1. The van der Waals surface area contributed by atoms with Gasteiger partial charge in [0.1, 0.15) is 0 Å². The quantitative estimate of drug-likeness (QED) is 0.546. The van der Waals surface area contributed by atoms with E-state index < -0.39 is 0 Å². The zero-order chi connectivity index (χ0) is 21.2. The van der Waals surface area contributed by atoms with E-state index in [1.54, 1.807) is 24.5 Å². The van der Waals surface area contributed by atoms with Crippen LogP contribution in [0, 0.1) is 0 Å². The van der Waals surface area contributed by atoms with Crippen molar-refractivity contribution < 1.29 is 9.21 Å². The lowest BCUT2D eigenvalue weighted by atomic mass is 10.0. The van der Waals surface area contributed by atoms with E-state index in [0.29, 0.717) is 17.1 Å². The lowest BCUT2D eigenvalue weighted by molar-refractivity contribution is 0.102. The number of rotatable bonds is 4. The summed E-state index contributed by atoms with van der Waals surface area (Å²) in [4.78, 5) is 23.5. The number of pyridine rings is 1. The molecule has 1 amide bonds. The second-order valence-electron chi connectivity index (χ2n) is 7.49. The third kappa shape index (κ3) is 4.06. The molecule has 1 N–H and O–H groups in total. The fourth-order valence-electron chi connectivity index (χ4n) is 3.56. The highest BCUT2D eigenvalue weighted by Crippen LogP contribution is 2.25. The van der Waals surface area contributed by atoms with Gasteiger partial charge in [-0.05, 0) is 55.4 Å². The molecule has 31 heavy (non-hydrogen) atoms. The summed E-state index contributed by atoms with van der Waals surface area (Å²) >= 11 is 0. The molecule has 0 atom stereocenters. The molecular formula is C23H20N6O2. The zero-order valence-electron chi connectivity index (χ0n) is 16.9. The van der Waals surface area contributed by atoms with Gasteiger partial charge in [0.25, 0.3) is 5.91 Å². The Kier molecular flexibility index (Phi) is 4.97. The molecule has 0 bridgehead atoms. The molecule has 1 aliphatic heterocycles. The number of benzene rings is 1. The minimum Gasteiger partial charge on any atom is -0.444 e. The molecular weight excluding hydrogens is 392 g/mol. The minimum absolute atomic E-state index is 0.253. The normalized spacial score (nSPS) is 14.4. The largest absolute Gasteiger partial charge is 0.444 e. The van der Waals surface area contributed by atoms with Gasteiger partial charge in [-0.3, -0.25) is 9.78 Å². The van der Waals surface area contributed by atoms with Gasteiger partial charge in [0.05, 0.1) is 17.4 Å². The fraction of sp³-hybridized carbons (Fsp3) is 0.174. The van der Waals surface area contributed by atoms with Crippen molar-refractivity contribution in [2.45, 2.75) is 6.42 Å². The van der Waals surface area contributed by atoms with E-state index in [1.807, 2.05) is 24.3 Å². The predicted octanol–water partition coefficient (Wildman–Crippen LogP) is 3.65. The van der Waals surface area contributed by atoms with Gasteiger partial charge in [-0.1, -0.05) is 6.08 Å². The minimum atomic E-state index is -0.253. The number of nitrogens with one attached hydrogen (secondary N) is 1. The predicted molar refractivity (Wildman–Crippen MR) is 117 cm³/mol. The molecule has 1 aliphatic rings. The van der Waals surface area contributed by atoms with Gasteiger partial charge in [-0.15, -0.1) is 10.2 Å². The van der Waals surface area contributed by atoms with E-state index in [4.69, 9.17) is 4.42 Å². The highest BCUT2D eigenvalue weighted by molar-refractivity contribution is 6.04. The molecule has 0 spiro atoms. The van der Waals surface area contributed by atoms with Crippen LogP contribution in [0.25, 0.3) is 27.8 Å². The number of carbonyl (C=O) groups is 1. The summed E-state index contributed by atoms with van der Waals surface area (Å²) in [6.07, 6.45) is 7.78. The van der Waals surface area contributed by atoms with Crippen LogP contribution < -0.4 is 5.32 Å². The molecule has 1 aromatic carbocycles. The summed E-state index contributed by atoms with van der Waals surface area (Å²) in [6, 6.07) is 11.0. The Morgan fingerprint density at radius 2 is 2.10 bits per heavy atom. The Labute approximate surface area is 178 Å². The summed E-state index contributed by atoms with van der Waals surface area (Å²) in [7, 11) is 2.09. The first-order valence-corrected chi connectivity index (χ1v) is 9.97. The molecule has 154 valence electrons. The molecule has 0 unspecified atom stereocenters. The molecule has 4 aromatic rings. The van der Waals surface area contributed by atoms with Crippen molar-refractivity contribution in [3.05, 3.63) is 72.5 Å². The number of anilines is 1. The molecule has 0 radical (unpaired) electrons. The van der Waals surface area contributed by atoms with Crippen molar-refractivity contribution in [2.75, 3.05) is 25.5 Å². The molecule has 8 heteroatoms. The molecule has 4 heterocycles. The number of carbonyl (C=O) groups excluding carboxylic acids is 1. The lowest BCUT2D eigenvalue weighted by Gasteiger charge is -2.21. The van der Waals surface area contributed by atoms with Gasteiger partial charge in [0.15, 0.2) is 18.0 Å². The van der Waals surface area contributed by atoms with Crippen LogP contribution in [-0.2, 0) is 0 Å². The fourth-order valence-corrected chi connectivity index (χ4v) is 3.56. The summed E-state index contributed by atoms with van der Waals surface area (Å²) in [5.74, 6) is 0.790. The van der Waals surface area contributed by atoms with Crippen LogP contribution in [0.4, 0.5) is 5.82 Å². The van der Waals surface area contributed by atoms with Gasteiger partial charge in [-0.2, -0.15) is 0 Å². The Bertz CT molecular complexity index is 1280. The molecule has 0 aliphatic carbocycles. The average Bonchev–Trinajstić information content (AvgIpc) is 3.34. The number of fused-ring (bicyclic) bond motifs is 1. The number of aromatic nitrogens is 4. The first-order valence-electron chi connectivity index (χ1n) is 9.97. The van der Waals surface area contributed by atoms with Gasteiger partial charge >= 0.3 is 0 Å². The molecule has 3 aromatic heterocycles. The van der Waals surface area contributed by atoms with Crippen LogP contribution in [-0.4, -0.2) is 51.1 Å². The molecule has 0 fully saturated rings. The van der Waals surface area contributed by atoms with E-state index >= 15 is 0 Å². The van der Waals surface area contributed by atoms with Crippen molar-refractivity contribution in [3.8, 4) is 11.3 Å². The highest BCUT2D eigenvalue weighted by atomic mass is 16.3. The maximum absolute atomic E-state index is 12.8. The summed E-state index contributed by atoms with van der Waals surface area (Å²) < 4.78 is 5.36. The number of amides is 1. The van der Waals surface area contributed by atoms with Gasteiger partial charge in [-0.25, -0.2) is 4.98 Å². The van der Waals surface area contributed by atoms with Crippen molar-refractivity contribution in [2.24, 2.45) is 0 Å². The Morgan fingerprint density at radius 3 is 2.90 bits per heavy atom. The number of oxazole rings is 1. The SMILES string of the molecule is CN1CC=C(c2cc(C(=O)Nc3cc4cc(-c5cnco5)ccc4nn3)ccn2)CC1. The maximum Gasteiger partial charge on any atom is 0.256 e. The van der Waals surface area contributed by atoms with Crippen molar-refractivity contribution in [3.63, 3.8) is 0 Å². The monoisotopic (exact) mass is 412 g/mol. The zero-order valence-corrected chi connectivity index (χ0v) is 16.9. The number of hydrogen-bond acceptors (Lipinski definition) is 7. The van der Waals surface area contributed by atoms with E-state index in [1.165, 1.54) is 6.39 Å². The molecule has 8 nitrogen and oxygen atoms in total. The molecule has 5 rings (SSSR count). The van der Waals surface area contributed by atoms with E-state index in [2.05, 4.69) is 43.5 Å². The standard InChI is InChI=1S/C23H20N6O2/c1-29-8-5-15(6-9-29)20-11-17(4-7-25-20)23(30)26-22-12-18-10-16(21-13-24-14-31-21)2-3-19(18)27-28-22/h2-5,7,10-14H,6,8-9H2,1H3,(H,26,28,30). The van der Waals surface area contributed by atoms with Crippen molar-refractivity contribution in [1.82, 2.24) is 25.1 Å². The highest BCUT2D eigenvalue weighted by Gasteiger charge is 2.14. The second-order valence-corrected chi connectivity index (χ2v) is 7.49. The van der Waals surface area contributed by atoms with Crippen LogP contribution in [0.5, 0.6) is 0 Å². The van der Waals surface area contributed by atoms with Crippen molar-refractivity contribution in [1.29, 1.82) is 0 Å².